The first-order valence-corrected chi connectivity index (χ1v) is 5.90. The number of amides is 1. The highest BCUT2D eigenvalue weighted by Gasteiger charge is 2.12. The summed E-state index contributed by atoms with van der Waals surface area (Å²) in [5.74, 6) is -0.804. The van der Waals surface area contributed by atoms with E-state index in [0.29, 0.717) is 16.0 Å². The maximum Gasteiger partial charge on any atom is 0.349 e. The smallest absolute Gasteiger partial charge is 0.349 e. The van der Waals surface area contributed by atoms with E-state index in [1.165, 1.54) is 6.07 Å². The lowest BCUT2D eigenvalue weighted by Gasteiger charge is -2.04. The third kappa shape index (κ3) is 1.86. The standard InChI is InChI=1S/C14H8ClNO3/c15-8-2-3-9-7(5-8)1-4-12-10(9)6-11(13(16)17)14(18)19-12/h1-6H,(H2,16,17). The van der Waals surface area contributed by atoms with Gasteiger partial charge in [0.15, 0.2) is 0 Å². The molecule has 0 spiro atoms. The van der Waals surface area contributed by atoms with Gasteiger partial charge in [0.1, 0.15) is 11.1 Å². The Morgan fingerprint density at radius 1 is 1.11 bits per heavy atom. The van der Waals surface area contributed by atoms with E-state index in [1.807, 2.05) is 6.07 Å². The lowest BCUT2D eigenvalue weighted by atomic mass is 10.0. The van der Waals surface area contributed by atoms with Gasteiger partial charge in [-0.1, -0.05) is 23.7 Å². The van der Waals surface area contributed by atoms with Crippen molar-refractivity contribution in [3.05, 3.63) is 57.4 Å². The van der Waals surface area contributed by atoms with Crippen molar-refractivity contribution >= 4 is 39.2 Å². The molecule has 2 N–H and O–H groups in total. The van der Waals surface area contributed by atoms with Gasteiger partial charge in [-0.3, -0.25) is 4.79 Å². The van der Waals surface area contributed by atoms with Gasteiger partial charge in [0.2, 0.25) is 0 Å². The lowest BCUT2D eigenvalue weighted by Crippen LogP contribution is -2.20. The van der Waals surface area contributed by atoms with Crippen LogP contribution in [0.4, 0.5) is 0 Å². The second kappa shape index (κ2) is 4.10. The lowest BCUT2D eigenvalue weighted by molar-refractivity contribution is 0.0997. The molecule has 4 nitrogen and oxygen atoms in total. The van der Waals surface area contributed by atoms with Crippen LogP contribution in [0.1, 0.15) is 10.4 Å². The molecule has 3 rings (SSSR count). The Kier molecular flexibility index (Phi) is 2.54. The zero-order valence-electron chi connectivity index (χ0n) is 9.64. The van der Waals surface area contributed by atoms with E-state index in [-0.39, 0.29) is 5.56 Å². The second-order valence-corrected chi connectivity index (χ2v) is 4.59. The van der Waals surface area contributed by atoms with Crippen LogP contribution >= 0.6 is 11.6 Å². The molecule has 5 heteroatoms. The summed E-state index contributed by atoms with van der Waals surface area (Å²) in [5, 5.41) is 3.00. The average molecular weight is 274 g/mol. The molecular formula is C14H8ClNO3. The first kappa shape index (κ1) is 11.7. The third-order valence-corrected chi connectivity index (χ3v) is 3.20. The van der Waals surface area contributed by atoms with Gasteiger partial charge in [-0.25, -0.2) is 4.79 Å². The monoisotopic (exact) mass is 273 g/mol. The Hall–Kier alpha value is -2.33. The van der Waals surface area contributed by atoms with Crippen molar-refractivity contribution in [3.8, 4) is 0 Å². The van der Waals surface area contributed by atoms with Gasteiger partial charge in [0.25, 0.3) is 5.91 Å². The number of primary amides is 1. The van der Waals surface area contributed by atoms with Gasteiger partial charge in [0.05, 0.1) is 0 Å². The van der Waals surface area contributed by atoms with E-state index in [2.05, 4.69) is 0 Å². The molecule has 0 fully saturated rings. The highest BCUT2D eigenvalue weighted by Crippen LogP contribution is 2.27. The van der Waals surface area contributed by atoms with E-state index >= 15 is 0 Å². The van der Waals surface area contributed by atoms with Crippen molar-refractivity contribution in [1.82, 2.24) is 0 Å². The summed E-state index contributed by atoms with van der Waals surface area (Å²) in [4.78, 5) is 22.8. The summed E-state index contributed by atoms with van der Waals surface area (Å²) in [6.07, 6.45) is 0. The highest BCUT2D eigenvalue weighted by molar-refractivity contribution is 6.31. The predicted octanol–water partition coefficient (Wildman–Crippen LogP) is 2.70. The summed E-state index contributed by atoms with van der Waals surface area (Å²) in [6, 6.07) is 10.3. The maximum atomic E-state index is 11.6. The second-order valence-electron chi connectivity index (χ2n) is 4.15. The minimum Gasteiger partial charge on any atom is -0.422 e. The Labute approximate surface area is 112 Å². The topological polar surface area (TPSA) is 73.3 Å². The van der Waals surface area contributed by atoms with Crippen molar-refractivity contribution in [3.63, 3.8) is 0 Å². The van der Waals surface area contributed by atoms with E-state index < -0.39 is 11.5 Å². The highest BCUT2D eigenvalue weighted by atomic mass is 35.5. The van der Waals surface area contributed by atoms with Crippen molar-refractivity contribution in [2.75, 3.05) is 0 Å². The normalized spacial score (nSPS) is 11.0. The molecule has 0 atom stereocenters. The molecular weight excluding hydrogens is 266 g/mol. The number of rotatable bonds is 1. The molecule has 0 saturated carbocycles. The molecule has 0 unspecified atom stereocenters. The molecule has 2 aromatic carbocycles. The summed E-state index contributed by atoms with van der Waals surface area (Å²) >= 11 is 5.93. The molecule has 0 aliphatic carbocycles. The van der Waals surface area contributed by atoms with Gasteiger partial charge in [-0.05, 0) is 35.0 Å². The molecule has 19 heavy (non-hydrogen) atoms. The molecule has 0 bridgehead atoms. The first-order chi connectivity index (χ1) is 9.06. The van der Waals surface area contributed by atoms with Crippen molar-refractivity contribution in [2.45, 2.75) is 0 Å². The van der Waals surface area contributed by atoms with Gasteiger partial charge in [-0.2, -0.15) is 0 Å². The number of carbonyl (C=O) groups is 1. The van der Waals surface area contributed by atoms with Gasteiger partial charge >= 0.3 is 5.63 Å². The van der Waals surface area contributed by atoms with Crippen LogP contribution in [0, 0.1) is 0 Å². The predicted molar refractivity (Wildman–Crippen MR) is 73.5 cm³/mol. The fraction of sp³-hybridized carbons (Fsp3) is 0. The van der Waals surface area contributed by atoms with Crippen LogP contribution < -0.4 is 11.4 Å². The Morgan fingerprint density at radius 3 is 2.63 bits per heavy atom. The SMILES string of the molecule is NC(=O)c1cc2c(ccc3cc(Cl)ccc32)oc1=O. The van der Waals surface area contributed by atoms with Crippen LogP contribution in [0.5, 0.6) is 0 Å². The van der Waals surface area contributed by atoms with E-state index in [9.17, 15) is 9.59 Å². The third-order valence-electron chi connectivity index (χ3n) is 2.96. The van der Waals surface area contributed by atoms with Crippen molar-refractivity contribution in [2.24, 2.45) is 5.73 Å². The number of hydrogen-bond acceptors (Lipinski definition) is 3. The Balaban J connectivity index is 2.50. The molecule has 3 aromatic rings. The van der Waals surface area contributed by atoms with Crippen LogP contribution in [0.3, 0.4) is 0 Å². The average Bonchev–Trinajstić information content (AvgIpc) is 2.37. The molecule has 1 aromatic heterocycles. The molecule has 0 aliphatic rings. The van der Waals surface area contributed by atoms with Crippen LogP contribution in [-0.2, 0) is 0 Å². The largest absolute Gasteiger partial charge is 0.422 e. The van der Waals surface area contributed by atoms with Gasteiger partial charge in [-0.15, -0.1) is 0 Å². The van der Waals surface area contributed by atoms with Crippen molar-refractivity contribution < 1.29 is 9.21 Å². The summed E-state index contributed by atoms with van der Waals surface area (Å²) in [5.41, 5.74) is 4.68. The summed E-state index contributed by atoms with van der Waals surface area (Å²) in [6.45, 7) is 0. The quantitative estimate of drug-likeness (QED) is 0.547. The fourth-order valence-electron chi connectivity index (χ4n) is 2.07. The molecule has 0 radical (unpaired) electrons. The summed E-state index contributed by atoms with van der Waals surface area (Å²) < 4.78 is 5.10. The number of fused-ring (bicyclic) bond motifs is 3. The first-order valence-electron chi connectivity index (χ1n) is 5.52. The Bertz CT molecular complexity index is 883. The summed E-state index contributed by atoms with van der Waals surface area (Å²) in [7, 11) is 0. The van der Waals surface area contributed by atoms with Crippen LogP contribution in [0.15, 0.2) is 45.6 Å². The zero-order valence-corrected chi connectivity index (χ0v) is 10.4. The molecule has 1 heterocycles. The number of benzene rings is 2. The van der Waals surface area contributed by atoms with Crippen LogP contribution in [0.25, 0.3) is 21.7 Å². The minimum atomic E-state index is -0.804. The van der Waals surface area contributed by atoms with Gasteiger partial charge < -0.3 is 10.2 Å². The molecule has 0 saturated heterocycles. The number of nitrogens with two attached hydrogens (primary N) is 1. The number of halogens is 1. The molecule has 94 valence electrons. The molecule has 1 amide bonds. The zero-order chi connectivity index (χ0) is 13.6. The van der Waals surface area contributed by atoms with E-state index in [1.54, 1.807) is 24.3 Å². The Morgan fingerprint density at radius 2 is 1.89 bits per heavy atom. The van der Waals surface area contributed by atoms with Crippen LogP contribution in [0.2, 0.25) is 5.02 Å². The fourth-order valence-corrected chi connectivity index (χ4v) is 2.25. The van der Waals surface area contributed by atoms with E-state index in [4.69, 9.17) is 21.8 Å². The maximum absolute atomic E-state index is 11.6. The minimum absolute atomic E-state index is 0.157. The number of carbonyl (C=O) groups excluding carboxylic acids is 1. The number of hydrogen-bond donors (Lipinski definition) is 1. The molecule has 0 aliphatic heterocycles. The van der Waals surface area contributed by atoms with Gasteiger partial charge in [0, 0.05) is 10.4 Å². The van der Waals surface area contributed by atoms with Crippen LogP contribution in [-0.4, -0.2) is 5.91 Å². The van der Waals surface area contributed by atoms with E-state index in [0.717, 1.165) is 10.8 Å². The van der Waals surface area contributed by atoms with Crippen molar-refractivity contribution in [1.29, 1.82) is 0 Å².